The molecule has 0 radical (unpaired) electrons. The summed E-state index contributed by atoms with van der Waals surface area (Å²) in [5.41, 5.74) is -1.44. The van der Waals surface area contributed by atoms with Crippen molar-refractivity contribution in [3.8, 4) is 17.2 Å². The Kier molecular flexibility index (Phi) is 9.56. The third-order valence-electron chi connectivity index (χ3n) is 7.69. The average molecular weight is 740 g/mol. The number of benzene rings is 2. The van der Waals surface area contributed by atoms with Crippen LogP contribution in [0.4, 0.5) is 0 Å². The number of aromatic hydroxyl groups is 2. The van der Waals surface area contributed by atoms with E-state index < -0.39 is 76.4 Å². The fourth-order valence-corrected chi connectivity index (χ4v) is 7.57. The number of carboxylic acids is 2. The van der Waals surface area contributed by atoms with E-state index in [9.17, 15) is 44.1 Å². The first-order chi connectivity index (χ1) is 24.3. The van der Waals surface area contributed by atoms with E-state index in [0.717, 1.165) is 23.1 Å². The number of β-lactam (4-membered cyclic amide) rings is 1. The summed E-state index contributed by atoms with van der Waals surface area (Å²) in [4.78, 5) is 77.7. The number of aryl methyl sites for hydroxylation is 1. The predicted octanol–water partition coefficient (Wildman–Crippen LogP) is 0.193. The van der Waals surface area contributed by atoms with E-state index in [4.69, 9.17) is 14.3 Å². The molecule has 0 aliphatic carbocycles. The van der Waals surface area contributed by atoms with Gasteiger partial charge in [-0.05, 0) is 45.8 Å². The summed E-state index contributed by atoms with van der Waals surface area (Å²) in [5, 5.41) is 54.5. The highest BCUT2D eigenvalue weighted by molar-refractivity contribution is 8.01. The number of nitrogens with zero attached hydrogens (tertiary/aromatic N) is 5. The number of carbonyl (C=O) groups is 5. The quantitative estimate of drug-likeness (QED) is 0.0490. The lowest BCUT2D eigenvalue weighted by atomic mass is 10.0. The zero-order valence-corrected chi connectivity index (χ0v) is 27.6. The van der Waals surface area contributed by atoms with Crippen molar-refractivity contribution in [1.29, 1.82) is 0 Å². The highest BCUT2D eigenvalue weighted by Gasteiger charge is 2.54. The van der Waals surface area contributed by atoms with Crippen LogP contribution in [0.15, 0.2) is 68.1 Å². The van der Waals surface area contributed by atoms with Gasteiger partial charge in [0.2, 0.25) is 11.1 Å². The standard InChI is InChI=1S/C30H25N7O12S2/c1-36-30(33-34-35-36)51-11-14-10-50-27-22(26(44)37(27)23(14)28(45)46)32-25(43)21(12-2-4-15(5-3-12)48-9-20(40)41)31-24(42)16-6-13-7-17(38)18(39)8-19(13)49-29(16)47/h2-8,21-22,27,38-39H,9-11H2,1H3,(H,31,42)(H,32,43)(H,40,41)(H,45,46)/t21?,22-,27+/m1/s1. The van der Waals surface area contributed by atoms with Crippen LogP contribution in [-0.2, 0) is 26.2 Å². The maximum atomic E-state index is 13.8. The number of aliphatic carboxylic acids is 2. The molecule has 1 unspecified atom stereocenters. The lowest BCUT2D eigenvalue weighted by Crippen LogP contribution is -2.71. The number of phenols is 2. The zero-order chi connectivity index (χ0) is 36.6. The first-order valence-corrected chi connectivity index (χ1v) is 16.7. The molecular weight excluding hydrogens is 715 g/mol. The Balaban J connectivity index is 1.24. The molecule has 3 atom stereocenters. The smallest absolute Gasteiger partial charge is 0.352 e. The molecule has 21 heteroatoms. The van der Waals surface area contributed by atoms with Crippen LogP contribution in [0.25, 0.3) is 11.0 Å². The van der Waals surface area contributed by atoms with Gasteiger partial charge in [-0.2, -0.15) is 0 Å². The summed E-state index contributed by atoms with van der Waals surface area (Å²) < 4.78 is 11.7. The first kappa shape index (κ1) is 34.8. The normalized spacial score (nSPS) is 17.4. The molecule has 51 heavy (non-hydrogen) atoms. The molecule has 3 amide bonds. The van der Waals surface area contributed by atoms with Gasteiger partial charge in [-0.1, -0.05) is 23.9 Å². The molecule has 6 rings (SSSR count). The molecule has 2 aliphatic rings. The number of rotatable bonds is 12. The molecule has 2 aliphatic heterocycles. The first-order valence-electron chi connectivity index (χ1n) is 14.6. The number of amides is 3. The van der Waals surface area contributed by atoms with Gasteiger partial charge in [-0.15, -0.1) is 16.9 Å². The fourth-order valence-electron chi connectivity index (χ4n) is 5.24. The van der Waals surface area contributed by atoms with Gasteiger partial charge >= 0.3 is 17.6 Å². The van der Waals surface area contributed by atoms with Crippen molar-refractivity contribution in [2.24, 2.45) is 7.05 Å². The van der Waals surface area contributed by atoms with Crippen molar-refractivity contribution in [2.45, 2.75) is 22.6 Å². The molecule has 1 fully saturated rings. The van der Waals surface area contributed by atoms with Crippen LogP contribution in [0, 0.1) is 0 Å². The van der Waals surface area contributed by atoms with Crippen molar-refractivity contribution in [1.82, 2.24) is 35.7 Å². The van der Waals surface area contributed by atoms with Crippen LogP contribution < -0.4 is 21.0 Å². The third-order valence-corrected chi connectivity index (χ3v) is 10.1. The van der Waals surface area contributed by atoms with Gasteiger partial charge < -0.3 is 40.2 Å². The van der Waals surface area contributed by atoms with Crippen molar-refractivity contribution < 1.29 is 53.6 Å². The lowest BCUT2D eigenvalue weighted by Gasteiger charge is -2.49. The van der Waals surface area contributed by atoms with E-state index in [1.807, 2.05) is 0 Å². The molecule has 0 spiro atoms. The summed E-state index contributed by atoms with van der Waals surface area (Å²) in [6.07, 6.45) is 0. The summed E-state index contributed by atoms with van der Waals surface area (Å²) >= 11 is 2.41. The number of fused-ring (bicyclic) bond motifs is 2. The monoisotopic (exact) mass is 739 g/mol. The molecule has 19 nitrogen and oxygen atoms in total. The zero-order valence-electron chi connectivity index (χ0n) is 26.0. The van der Waals surface area contributed by atoms with E-state index >= 15 is 0 Å². The molecular formula is C30H25N7O12S2. The minimum absolute atomic E-state index is 0.0822. The molecule has 4 heterocycles. The Hall–Kier alpha value is -6.09. The Morgan fingerprint density at radius 1 is 1.10 bits per heavy atom. The van der Waals surface area contributed by atoms with Crippen molar-refractivity contribution in [2.75, 3.05) is 18.1 Å². The molecule has 2 aromatic heterocycles. The molecule has 0 bridgehead atoms. The van der Waals surface area contributed by atoms with Gasteiger partial charge in [0, 0.05) is 30.0 Å². The Morgan fingerprint density at radius 3 is 2.49 bits per heavy atom. The number of aromatic nitrogens is 4. The third kappa shape index (κ3) is 7.01. The minimum Gasteiger partial charge on any atom is -0.504 e. The maximum absolute atomic E-state index is 13.8. The van der Waals surface area contributed by atoms with E-state index in [0.29, 0.717) is 10.7 Å². The van der Waals surface area contributed by atoms with Crippen molar-refractivity contribution in [3.63, 3.8) is 0 Å². The number of hydrogen-bond donors (Lipinski definition) is 6. The van der Waals surface area contributed by atoms with Gasteiger partial charge in [-0.3, -0.25) is 19.3 Å². The Morgan fingerprint density at radius 2 is 1.82 bits per heavy atom. The van der Waals surface area contributed by atoms with Crippen LogP contribution >= 0.6 is 23.5 Å². The second kappa shape index (κ2) is 14.0. The van der Waals surface area contributed by atoms with Crippen LogP contribution in [0.2, 0.25) is 0 Å². The SMILES string of the molecule is Cn1nnnc1SCC1=C(C(=O)O)N2C(=O)[C@@H](NC(=O)C(NC(=O)c3cc4cc(O)c(O)cc4oc3=O)c3ccc(OCC(=O)O)cc3)[C@@H]2SC1. The molecule has 2 aromatic carbocycles. The van der Waals surface area contributed by atoms with Crippen molar-refractivity contribution >= 4 is 64.2 Å². The topological polar surface area (TPSA) is 277 Å². The number of thioether (sulfide) groups is 2. The van der Waals surface area contributed by atoms with Gasteiger partial charge in [-0.25, -0.2) is 19.1 Å². The number of carbonyl (C=O) groups excluding carboxylic acids is 3. The van der Waals surface area contributed by atoms with Crippen LogP contribution in [-0.4, -0.2) is 105 Å². The minimum atomic E-state index is -1.55. The molecule has 1 saturated heterocycles. The van der Waals surface area contributed by atoms with E-state index in [2.05, 4.69) is 26.2 Å². The highest BCUT2D eigenvalue weighted by Crippen LogP contribution is 2.41. The molecule has 0 saturated carbocycles. The predicted molar refractivity (Wildman–Crippen MR) is 175 cm³/mol. The van der Waals surface area contributed by atoms with Crippen LogP contribution in [0.1, 0.15) is 22.0 Å². The summed E-state index contributed by atoms with van der Waals surface area (Å²) in [5.74, 6) is -5.82. The summed E-state index contributed by atoms with van der Waals surface area (Å²) in [6.45, 7) is -0.644. The van der Waals surface area contributed by atoms with Crippen LogP contribution in [0.5, 0.6) is 17.2 Å². The van der Waals surface area contributed by atoms with E-state index in [-0.39, 0.29) is 39.5 Å². The van der Waals surface area contributed by atoms with Gasteiger partial charge in [0.25, 0.3) is 11.8 Å². The second-order valence-electron chi connectivity index (χ2n) is 11.0. The number of ether oxygens (including phenoxy) is 1. The number of phenolic OH excluding ortho intramolecular Hbond substituents is 2. The van der Waals surface area contributed by atoms with E-state index in [1.54, 1.807) is 7.05 Å². The maximum Gasteiger partial charge on any atom is 0.352 e. The number of tetrazole rings is 1. The second-order valence-corrected chi connectivity index (χ2v) is 13.1. The Labute approximate surface area is 293 Å². The van der Waals surface area contributed by atoms with Gasteiger partial charge in [0.15, 0.2) is 18.1 Å². The number of carboxylic acid groups (broad SMARTS) is 2. The van der Waals surface area contributed by atoms with Gasteiger partial charge in [0.1, 0.15) is 40.1 Å². The summed E-state index contributed by atoms with van der Waals surface area (Å²) in [7, 11) is 1.62. The number of nitrogens with one attached hydrogen (secondary N) is 2. The fraction of sp³-hybridized carbons (Fsp3) is 0.233. The lowest BCUT2D eigenvalue weighted by molar-refractivity contribution is -0.151. The van der Waals surface area contributed by atoms with Crippen molar-refractivity contribution in [3.05, 3.63) is 75.3 Å². The molecule has 4 aromatic rings. The molecule has 264 valence electrons. The number of hydrogen-bond acceptors (Lipinski definition) is 15. The highest BCUT2D eigenvalue weighted by atomic mass is 32.2. The Bertz CT molecular complexity index is 2190. The average Bonchev–Trinajstić information content (AvgIpc) is 3.51. The van der Waals surface area contributed by atoms with Crippen LogP contribution in [0.3, 0.4) is 0 Å². The van der Waals surface area contributed by atoms with E-state index in [1.165, 1.54) is 52.5 Å². The van der Waals surface area contributed by atoms with Gasteiger partial charge in [0.05, 0.1) is 0 Å². The molecule has 6 N–H and O–H groups in total. The summed E-state index contributed by atoms with van der Waals surface area (Å²) in [6, 6.07) is 5.82. The largest absolute Gasteiger partial charge is 0.504 e.